The van der Waals surface area contributed by atoms with Crippen molar-refractivity contribution in [2.45, 2.75) is 43.8 Å². The molecule has 2 aromatic carbocycles. The van der Waals surface area contributed by atoms with Crippen molar-refractivity contribution in [3.63, 3.8) is 0 Å². The highest BCUT2D eigenvalue weighted by Crippen LogP contribution is 2.34. The molecule has 0 saturated carbocycles. The Balaban J connectivity index is 1.45. The molecule has 2 unspecified atom stereocenters. The summed E-state index contributed by atoms with van der Waals surface area (Å²) in [5.41, 5.74) is 3.26. The lowest BCUT2D eigenvalue weighted by molar-refractivity contribution is 0.0883. The number of rotatable bonds is 4. The lowest BCUT2D eigenvalue weighted by Gasteiger charge is -2.36. The minimum atomic E-state index is -0.0278. The van der Waals surface area contributed by atoms with Gasteiger partial charge in [-0.2, -0.15) is 5.10 Å². The molecule has 5 rings (SSSR count). The third-order valence-electron chi connectivity index (χ3n) is 6.46. The summed E-state index contributed by atoms with van der Waals surface area (Å²) in [5, 5.41) is 8.08. The van der Waals surface area contributed by atoms with Crippen LogP contribution in [0.1, 0.15) is 36.0 Å². The predicted octanol–water partition coefficient (Wildman–Crippen LogP) is 3.89. The number of hydrogen-bond acceptors (Lipinski definition) is 3. The van der Waals surface area contributed by atoms with E-state index >= 15 is 0 Å². The largest absolute Gasteiger partial charge is 0.349 e. The van der Waals surface area contributed by atoms with Crippen LogP contribution in [0.25, 0.3) is 16.9 Å². The van der Waals surface area contributed by atoms with E-state index < -0.39 is 0 Å². The molecule has 0 spiro atoms. The monoisotopic (exact) mass is 386 g/mol. The van der Waals surface area contributed by atoms with Crippen LogP contribution in [0.2, 0.25) is 0 Å². The molecule has 1 aromatic heterocycles. The van der Waals surface area contributed by atoms with Crippen molar-refractivity contribution in [1.82, 2.24) is 20.0 Å². The van der Waals surface area contributed by atoms with Gasteiger partial charge in [-0.1, -0.05) is 48.5 Å². The topological polar surface area (TPSA) is 50.2 Å². The molecule has 2 bridgehead atoms. The summed E-state index contributed by atoms with van der Waals surface area (Å²) in [6, 6.07) is 21.3. The fraction of sp³-hybridized carbons (Fsp3) is 0.333. The molecule has 2 aliphatic heterocycles. The lowest BCUT2D eigenvalue weighted by Crippen LogP contribution is -2.48. The van der Waals surface area contributed by atoms with E-state index in [9.17, 15) is 4.79 Å². The number of fused-ring (bicyclic) bond motifs is 2. The predicted molar refractivity (Wildman–Crippen MR) is 114 cm³/mol. The normalized spacial score (nSPS) is 23.8. The molecule has 1 amide bonds. The first kappa shape index (κ1) is 18.1. The van der Waals surface area contributed by atoms with Crippen molar-refractivity contribution in [2.75, 3.05) is 7.05 Å². The molecule has 148 valence electrons. The number of nitrogens with zero attached hydrogens (tertiary/aromatic N) is 3. The Bertz CT molecular complexity index is 984. The average Bonchev–Trinajstić information content (AvgIpc) is 3.28. The number of nitrogens with one attached hydrogen (secondary N) is 1. The Hall–Kier alpha value is -2.92. The highest BCUT2D eigenvalue weighted by atomic mass is 16.1. The zero-order valence-corrected chi connectivity index (χ0v) is 16.7. The molecule has 0 radical (unpaired) electrons. The Labute approximate surface area is 171 Å². The van der Waals surface area contributed by atoms with E-state index in [-0.39, 0.29) is 11.9 Å². The van der Waals surface area contributed by atoms with Crippen LogP contribution >= 0.6 is 0 Å². The van der Waals surface area contributed by atoms with Gasteiger partial charge in [-0.15, -0.1) is 0 Å². The summed E-state index contributed by atoms with van der Waals surface area (Å²) in [5.74, 6) is -0.0278. The molecule has 2 fully saturated rings. The van der Waals surface area contributed by atoms with Crippen molar-refractivity contribution >= 4 is 5.91 Å². The molecule has 29 heavy (non-hydrogen) atoms. The van der Waals surface area contributed by atoms with Crippen molar-refractivity contribution in [2.24, 2.45) is 0 Å². The number of hydrogen-bond donors (Lipinski definition) is 1. The van der Waals surface area contributed by atoms with E-state index in [0.717, 1.165) is 29.8 Å². The minimum absolute atomic E-state index is 0.0278. The minimum Gasteiger partial charge on any atom is -0.349 e. The Morgan fingerprint density at radius 3 is 2.24 bits per heavy atom. The number of carbonyl (C=O) groups excluding carboxylic acids is 1. The zero-order valence-electron chi connectivity index (χ0n) is 16.7. The average molecular weight is 386 g/mol. The van der Waals surface area contributed by atoms with Crippen LogP contribution < -0.4 is 5.32 Å². The van der Waals surface area contributed by atoms with Crippen molar-refractivity contribution in [3.8, 4) is 16.9 Å². The number of amides is 1. The molecule has 2 aliphatic rings. The highest BCUT2D eigenvalue weighted by molar-refractivity contribution is 6.00. The van der Waals surface area contributed by atoms with Crippen molar-refractivity contribution in [1.29, 1.82) is 0 Å². The molecule has 2 atom stereocenters. The van der Waals surface area contributed by atoms with Crippen LogP contribution in [-0.2, 0) is 0 Å². The van der Waals surface area contributed by atoms with Gasteiger partial charge in [0, 0.05) is 29.9 Å². The molecule has 5 nitrogen and oxygen atoms in total. The molecule has 2 saturated heterocycles. The quantitative estimate of drug-likeness (QED) is 0.740. The van der Waals surface area contributed by atoms with Gasteiger partial charge in [0.15, 0.2) is 0 Å². The summed E-state index contributed by atoms with van der Waals surface area (Å²) in [6.45, 7) is 0. The molecule has 1 N–H and O–H groups in total. The highest BCUT2D eigenvalue weighted by Gasteiger charge is 2.39. The summed E-state index contributed by atoms with van der Waals surface area (Å²) in [7, 11) is 2.22. The van der Waals surface area contributed by atoms with Gasteiger partial charge in [-0.25, -0.2) is 4.68 Å². The zero-order chi connectivity index (χ0) is 19.8. The van der Waals surface area contributed by atoms with E-state index in [1.54, 1.807) is 4.68 Å². The van der Waals surface area contributed by atoms with E-state index in [0.29, 0.717) is 17.6 Å². The first-order valence-electron chi connectivity index (χ1n) is 10.4. The fourth-order valence-corrected chi connectivity index (χ4v) is 4.85. The lowest BCUT2D eigenvalue weighted by atomic mass is 9.97. The molecular formula is C24H26N4O. The summed E-state index contributed by atoms with van der Waals surface area (Å²) in [6.07, 6.45) is 6.42. The summed E-state index contributed by atoms with van der Waals surface area (Å²) >= 11 is 0. The Morgan fingerprint density at radius 1 is 0.966 bits per heavy atom. The van der Waals surface area contributed by atoms with Gasteiger partial charge in [-0.3, -0.25) is 4.79 Å². The van der Waals surface area contributed by atoms with Gasteiger partial charge in [-0.05, 0) is 44.9 Å². The van der Waals surface area contributed by atoms with E-state index in [1.165, 1.54) is 12.8 Å². The summed E-state index contributed by atoms with van der Waals surface area (Å²) in [4.78, 5) is 15.8. The van der Waals surface area contributed by atoms with Crippen molar-refractivity contribution < 1.29 is 4.79 Å². The van der Waals surface area contributed by atoms with Crippen LogP contribution in [0.4, 0.5) is 0 Å². The smallest absolute Gasteiger partial charge is 0.255 e. The number of para-hydroxylation sites is 1. The van der Waals surface area contributed by atoms with E-state index in [1.807, 2.05) is 66.9 Å². The molecule has 3 heterocycles. The first-order valence-corrected chi connectivity index (χ1v) is 10.4. The second-order valence-corrected chi connectivity index (χ2v) is 8.23. The van der Waals surface area contributed by atoms with Crippen LogP contribution in [0.5, 0.6) is 0 Å². The van der Waals surface area contributed by atoms with Gasteiger partial charge < -0.3 is 10.2 Å². The van der Waals surface area contributed by atoms with E-state index in [2.05, 4.69) is 17.3 Å². The molecule has 5 heteroatoms. The van der Waals surface area contributed by atoms with Crippen LogP contribution in [0.3, 0.4) is 0 Å². The summed E-state index contributed by atoms with van der Waals surface area (Å²) < 4.78 is 1.80. The number of aromatic nitrogens is 2. The Kier molecular flexibility index (Phi) is 4.68. The third kappa shape index (κ3) is 3.47. The van der Waals surface area contributed by atoms with Crippen molar-refractivity contribution in [3.05, 3.63) is 72.4 Å². The second-order valence-electron chi connectivity index (χ2n) is 8.23. The SMILES string of the molecule is CN1C2CCC1CC(NC(=O)c1cn(-c3ccccc3)nc1-c1ccccc1)C2. The maximum atomic E-state index is 13.3. The van der Waals surface area contributed by atoms with Gasteiger partial charge in [0.05, 0.1) is 11.3 Å². The number of piperidine rings is 1. The fourth-order valence-electron chi connectivity index (χ4n) is 4.85. The van der Waals surface area contributed by atoms with Crippen LogP contribution in [0, 0.1) is 0 Å². The first-order chi connectivity index (χ1) is 14.2. The van der Waals surface area contributed by atoms with E-state index in [4.69, 9.17) is 5.10 Å². The number of benzene rings is 2. The maximum absolute atomic E-state index is 13.3. The standard InChI is InChI=1S/C24H26N4O/c1-27-20-12-13-21(27)15-18(14-20)25-24(29)22-16-28(19-10-6-3-7-11-19)26-23(22)17-8-4-2-5-9-17/h2-11,16,18,20-21H,12-15H2,1H3,(H,25,29). The van der Waals surface area contributed by atoms with Gasteiger partial charge in [0.25, 0.3) is 5.91 Å². The third-order valence-corrected chi connectivity index (χ3v) is 6.46. The molecule has 0 aliphatic carbocycles. The Morgan fingerprint density at radius 2 is 1.59 bits per heavy atom. The van der Waals surface area contributed by atoms with Crippen LogP contribution in [-0.4, -0.2) is 45.8 Å². The van der Waals surface area contributed by atoms with Crippen LogP contribution in [0.15, 0.2) is 66.9 Å². The molecule has 3 aromatic rings. The molecular weight excluding hydrogens is 360 g/mol. The second kappa shape index (κ2) is 7.48. The van der Waals surface area contributed by atoms with Gasteiger partial charge in [0.1, 0.15) is 5.69 Å². The van der Waals surface area contributed by atoms with Gasteiger partial charge in [0.2, 0.25) is 0 Å². The maximum Gasteiger partial charge on any atom is 0.255 e. The van der Waals surface area contributed by atoms with Gasteiger partial charge >= 0.3 is 0 Å². The number of carbonyl (C=O) groups is 1.